The highest BCUT2D eigenvalue weighted by Crippen LogP contribution is 2.21. The number of hydrogen-bond acceptors (Lipinski definition) is 0. The maximum absolute atomic E-state index is 3.77. The highest BCUT2D eigenvalue weighted by Gasteiger charge is 2.01. The van der Waals surface area contributed by atoms with Crippen LogP contribution in [0.25, 0.3) is 0 Å². The first-order chi connectivity index (χ1) is 4.88. The van der Waals surface area contributed by atoms with Crippen molar-refractivity contribution in [3.8, 4) is 0 Å². The Kier molecular flexibility index (Phi) is 2.49. The molecule has 0 aromatic heterocycles. The van der Waals surface area contributed by atoms with E-state index in [9.17, 15) is 0 Å². The first kappa shape index (κ1) is 7.33. The van der Waals surface area contributed by atoms with Crippen molar-refractivity contribution in [3.63, 3.8) is 0 Å². The van der Waals surface area contributed by atoms with Crippen molar-refractivity contribution in [2.75, 3.05) is 0 Å². The van der Waals surface area contributed by atoms with Crippen LogP contribution < -0.4 is 0 Å². The molecule has 0 bridgehead atoms. The van der Waals surface area contributed by atoms with E-state index in [-0.39, 0.29) is 0 Å². The van der Waals surface area contributed by atoms with Crippen LogP contribution in [0.5, 0.6) is 0 Å². The van der Waals surface area contributed by atoms with Gasteiger partial charge in [0.05, 0.1) is 0 Å². The molecule has 0 aromatic carbocycles. The molecule has 1 aliphatic rings. The number of rotatable bonds is 2. The Hall–Kier alpha value is -0.780. The molecule has 0 saturated carbocycles. The second kappa shape index (κ2) is 3.40. The molecular formula is C10H14. The van der Waals surface area contributed by atoms with Gasteiger partial charge in [-0.3, -0.25) is 0 Å². The summed E-state index contributed by atoms with van der Waals surface area (Å²) in [5.74, 6) is 0. The lowest BCUT2D eigenvalue weighted by Crippen LogP contribution is -1.90. The largest absolute Gasteiger partial charge is 0.0985 e. The van der Waals surface area contributed by atoms with Crippen LogP contribution in [0, 0.1) is 0 Å². The minimum atomic E-state index is 1.17. The highest BCUT2D eigenvalue weighted by atomic mass is 14.1. The average Bonchev–Trinajstić information content (AvgIpc) is 2.04. The lowest BCUT2D eigenvalue weighted by molar-refractivity contribution is 0.883. The highest BCUT2D eigenvalue weighted by molar-refractivity contribution is 5.36. The number of allylic oxidation sites excluding steroid dienone is 5. The van der Waals surface area contributed by atoms with E-state index in [1.54, 1.807) is 5.57 Å². The summed E-state index contributed by atoms with van der Waals surface area (Å²) in [6.07, 6.45) is 9.96. The van der Waals surface area contributed by atoms with Gasteiger partial charge in [-0.05, 0) is 24.8 Å². The summed E-state index contributed by atoms with van der Waals surface area (Å²) in [7, 11) is 0. The van der Waals surface area contributed by atoms with E-state index in [0.717, 1.165) is 0 Å². The van der Waals surface area contributed by atoms with Gasteiger partial charge in [-0.15, -0.1) is 0 Å². The van der Waals surface area contributed by atoms with Gasteiger partial charge in [0.15, 0.2) is 0 Å². The zero-order chi connectivity index (χ0) is 7.40. The van der Waals surface area contributed by atoms with Crippen molar-refractivity contribution in [1.29, 1.82) is 0 Å². The second-order valence-electron chi connectivity index (χ2n) is 2.56. The van der Waals surface area contributed by atoms with Crippen LogP contribution in [0.1, 0.15) is 26.2 Å². The Morgan fingerprint density at radius 3 is 3.00 bits per heavy atom. The van der Waals surface area contributed by atoms with E-state index in [0.29, 0.717) is 0 Å². The average molecular weight is 134 g/mol. The van der Waals surface area contributed by atoms with E-state index in [1.165, 1.54) is 24.8 Å². The Bertz CT molecular complexity index is 182. The molecule has 0 nitrogen and oxygen atoms in total. The molecule has 1 rings (SSSR count). The maximum atomic E-state index is 3.77. The molecule has 54 valence electrons. The minimum absolute atomic E-state index is 1.17. The summed E-state index contributed by atoms with van der Waals surface area (Å²) in [5, 5.41) is 0. The summed E-state index contributed by atoms with van der Waals surface area (Å²) in [4.78, 5) is 0. The monoisotopic (exact) mass is 134 g/mol. The summed E-state index contributed by atoms with van der Waals surface area (Å²) < 4.78 is 0. The Morgan fingerprint density at radius 2 is 2.50 bits per heavy atom. The SMILES string of the molecule is C=CC1=C(CC)CCC=C1. The van der Waals surface area contributed by atoms with E-state index in [2.05, 4.69) is 25.7 Å². The van der Waals surface area contributed by atoms with E-state index < -0.39 is 0 Å². The number of hydrogen-bond donors (Lipinski definition) is 0. The molecule has 0 saturated heterocycles. The molecule has 0 amide bonds. The van der Waals surface area contributed by atoms with Crippen molar-refractivity contribution < 1.29 is 0 Å². The molecule has 0 radical (unpaired) electrons. The fourth-order valence-corrected chi connectivity index (χ4v) is 1.32. The van der Waals surface area contributed by atoms with Gasteiger partial charge in [0.2, 0.25) is 0 Å². The van der Waals surface area contributed by atoms with Crippen LogP contribution in [-0.2, 0) is 0 Å². The zero-order valence-electron chi connectivity index (χ0n) is 6.56. The van der Waals surface area contributed by atoms with Gasteiger partial charge >= 0.3 is 0 Å². The van der Waals surface area contributed by atoms with Gasteiger partial charge in [-0.1, -0.05) is 37.3 Å². The van der Waals surface area contributed by atoms with Crippen LogP contribution >= 0.6 is 0 Å². The maximum Gasteiger partial charge on any atom is -0.0274 e. The third-order valence-corrected chi connectivity index (χ3v) is 1.97. The molecule has 0 fully saturated rings. The second-order valence-corrected chi connectivity index (χ2v) is 2.56. The lowest BCUT2D eigenvalue weighted by atomic mass is 9.96. The van der Waals surface area contributed by atoms with Gasteiger partial charge < -0.3 is 0 Å². The topological polar surface area (TPSA) is 0 Å². The normalized spacial score (nSPS) is 17.7. The first-order valence-corrected chi connectivity index (χ1v) is 3.89. The van der Waals surface area contributed by atoms with E-state index >= 15 is 0 Å². The van der Waals surface area contributed by atoms with Crippen LogP contribution in [0.2, 0.25) is 0 Å². The summed E-state index contributed by atoms with van der Waals surface area (Å²) >= 11 is 0. The van der Waals surface area contributed by atoms with Gasteiger partial charge in [-0.2, -0.15) is 0 Å². The van der Waals surface area contributed by atoms with Crippen LogP contribution in [-0.4, -0.2) is 0 Å². The van der Waals surface area contributed by atoms with Crippen molar-refractivity contribution >= 4 is 0 Å². The quantitative estimate of drug-likeness (QED) is 0.544. The minimum Gasteiger partial charge on any atom is -0.0985 e. The zero-order valence-corrected chi connectivity index (χ0v) is 6.56. The van der Waals surface area contributed by atoms with Crippen molar-refractivity contribution in [2.24, 2.45) is 0 Å². The molecule has 0 spiro atoms. The fourth-order valence-electron chi connectivity index (χ4n) is 1.32. The Balaban J connectivity index is 2.83. The van der Waals surface area contributed by atoms with Gasteiger partial charge in [0, 0.05) is 0 Å². The molecule has 0 atom stereocenters. The van der Waals surface area contributed by atoms with Gasteiger partial charge in [0.1, 0.15) is 0 Å². The molecule has 0 unspecified atom stereocenters. The third kappa shape index (κ3) is 1.38. The molecule has 0 aliphatic heterocycles. The van der Waals surface area contributed by atoms with Crippen molar-refractivity contribution in [2.45, 2.75) is 26.2 Å². The van der Waals surface area contributed by atoms with Crippen molar-refractivity contribution in [3.05, 3.63) is 36.0 Å². The van der Waals surface area contributed by atoms with Crippen molar-refractivity contribution in [1.82, 2.24) is 0 Å². The fraction of sp³-hybridized carbons (Fsp3) is 0.400. The molecule has 0 heteroatoms. The summed E-state index contributed by atoms with van der Waals surface area (Å²) in [6.45, 7) is 5.98. The molecule has 1 aliphatic carbocycles. The first-order valence-electron chi connectivity index (χ1n) is 3.89. The predicted octanol–water partition coefficient (Wildman–Crippen LogP) is 3.23. The third-order valence-electron chi connectivity index (χ3n) is 1.97. The van der Waals surface area contributed by atoms with Gasteiger partial charge in [-0.25, -0.2) is 0 Å². The van der Waals surface area contributed by atoms with Gasteiger partial charge in [0.25, 0.3) is 0 Å². The summed E-state index contributed by atoms with van der Waals surface area (Å²) in [6, 6.07) is 0. The standard InChI is InChI=1S/C10H14/c1-3-9-7-5-6-8-10(9)4-2/h3,5,7H,1,4,6,8H2,2H3. The van der Waals surface area contributed by atoms with Crippen LogP contribution in [0.15, 0.2) is 36.0 Å². The molecular weight excluding hydrogens is 120 g/mol. The smallest absolute Gasteiger partial charge is 0.0274 e. The lowest BCUT2D eigenvalue weighted by Gasteiger charge is -2.10. The van der Waals surface area contributed by atoms with E-state index in [4.69, 9.17) is 0 Å². The van der Waals surface area contributed by atoms with Crippen LogP contribution in [0.4, 0.5) is 0 Å². The molecule has 0 N–H and O–H groups in total. The molecule has 10 heavy (non-hydrogen) atoms. The Labute approximate surface area is 62.9 Å². The molecule has 0 heterocycles. The predicted molar refractivity (Wildman–Crippen MR) is 45.9 cm³/mol. The summed E-state index contributed by atoms with van der Waals surface area (Å²) in [5.41, 5.74) is 2.89. The van der Waals surface area contributed by atoms with Crippen LogP contribution in [0.3, 0.4) is 0 Å². The Morgan fingerprint density at radius 1 is 1.70 bits per heavy atom. The molecule has 0 aromatic rings. The van der Waals surface area contributed by atoms with E-state index in [1.807, 2.05) is 6.08 Å².